The molecule has 1 aliphatic rings. The summed E-state index contributed by atoms with van der Waals surface area (Å²) in [5.74, 6) is -4.65. The quantitative estimate of drug-likeness (QED) is 0.780. The van der Waals surface area contributed by atoms with Gasteiger partial charge in [-0.05, 0) is 12.1 Å². The van der Waals surface area contributed by atoms with Crippen molar-refractivity contribution in [3.05, 3.63) is 24.5 Å². The predicted octanol–water partition coefficient (Wildman–Crippen LogP) is 1.48. The number of aromatic nitrogens is 1. The molecule has 0 aromatic carbocycles. The van der Waals surface area contributed by atoms with E-state index in [0.717, 1.165) is 0 Å². The third-order valence-electron chi connectivity index (χ3n) is 2.03. The number of nitrogens with zero attached hydrogens (tertiary/aromatic N) is 1. The molecule has 0 spiro atoms. The van der Waals surface area contributed by atoms with Crippen molar-refractivity contribution in [1.29, 1.82) is 0 Å². The zero-order valence-corrected chi connectivity index (χ0v) is 7.13. The number of carbonyl (C=O) groups excluding carboxylic acids is 1. The van der Waals surface area contributed by atoms with Crippen LogP contribution in [0.25, 0.3) is 0 Å². The van der Waals surface area contributed by atoms with Crippen LogP contribution in [-0.4, -0.2) is 16.8 Å². The molecule has 1 aromatic heterocycles. The molecule has 1 amide bonds. The lowest BCUT2D eigenvalue weighted by molar-refractivity contribution is -0.119. The van der Waals surface area contributed by atoms with E-state index in [-0.39, 0.29) is 6.42 Å². The number of hydrogen-bond donors (Lipinski definition) is 1. The number of alkyl halides is 2. The first-order chi connectivity index (χ1) is 6.59. The molecule has 5 heteroatoms. The summed E-state index contributed by atoms with van der Waals surface area (Å²) in [7, 11) is 0. The van der Waals surface area contributed by atoms with E-state index in [1.54, 1.807) is 6.07 Å². The van der Waals surface area contributed by atoms with Crippen molar-refractivity contribution in [3.8, 4) is 0 Å². The van der Waals surface area contributed by atoms with Gasteiger partial charge in [0.2, 0.25) is 5.91 Å². The molecule has 1 aliphatic carbocycles. The molecule has 1 atom stereocenters. The average Bonchev–Trinajstić information content (AvgIpc) is 2.77. The van der Waals surface area contributed by atoms with Gasteiger partial charge in [-0.3, -0.25) is 9.78 Å². The van der Waals surface area contributed by atoms with Crippen LogP contribution < -0.4 is 5.32 Å². The van der Waals surface area contributed by atoms with E-state index in [4.69, 9.17) is 0 Å². The Morgan fingerprint density at radius 2 is 2.43 bits per heavy atom. The highest BCUT2D eigenvalue weighted by molar-refractivity contribution is 5.95. The summed E-state index contributed by atoms with van der Waals surface area (Å²) in [4.78, 5) is 14.8. The standard InChI is InChI=1S/C9H7F2N2O/c10-9(11)4-7(9)8(14)13-6-2-1-3-12-5-6/h1-2,5,7H,4H2,(H,13,14). The third-order valence-corrected chi connectivity index (χ3v) is 2.03. The average molecular weight is 197 g/mol. The monoisotopic (exact) mass is 197 g/mol. The fourth-order valence-corrected chi connectivity index (χ4v) is 1.12. The molecule has 3 nitrogen and oxygen atoms in total. The van der Waals surface area contributed by atoms with Crippen LogP contribution in [0.2, 0.25) is 0 Å². The van der Waals surface area contributed by atoms with Gasteiger partial charge in [-0.2, -0.15) is 0 Å². The molecule has 1 saturated carbocycles. The molecule has 1 unspecified atom stereocenters. The number of nitrogens with one attached hydrogen (secondary N) is 1. The van der Waals surface area contributed by atoms with Crippen molar-refractivity contribution < 1.29 is 13.6 Å². The van der Waals surface area contributed by atoms with Crippen LogP contribution in [0.1, 0.15) is 6.42 Å². The Balaban J connectivity index is 1.97. The first-order valence-electron chi connectivity index (χ1n) is 4.10. The first kappa shape index (κ1) is 9.05. The summed E-state index contributed by atoms with van der Waals surface area (Å²) in [5.41, 5.74) is 0.413. The van der Waals surface area contributed by atoms with Crippen LogP contribution >= 0.6 is 0 Å². The Kier molecular flexibility index (Phi) is 1.94. The number of hydrogen-bond acceptors (Lipinski definition) is 2. The summed E-state index contributed by atoms with van der Waals surface area (Å²) >= 11 is 0. The summed E-state index contributed by atoms with van der Waals surface area (Å²) in [5, 5.41) is 2.36. The van der Waals surface area contributed by atoms with Crippen LogP contribution in [-0.2, 0) is 4.79 Å². The highest BCUT2D eigenvalue weighted by atomic mass is 19.3. The lowest BCUT2D eigenvalue weighted by Gasteiger charge is -2.02. The summed E-state index contributed by atoms with van der Waals surface area (Å²) in [6.07, 6.45) is 3.52. The second-order valence-electron chi connectivity index (χ2n) is 3.18. The minimum Gasteiger partial charge on any atom is -0.324 e. The van der Waals surface area contributed by atoms with E-state index in [1.165, 1.54) is 12.3 Å². The summed E-state index contributed by atoms with van der Waals surface area (Å²) < 4.78 is 24.9. The minimum absolute atomic E-state index is 0.356. The van der Waals surface area contributed by atoms with Crippen LogP contribution in [0.5, 0.6) is 0 Å². The Morgan fingerprint density at radius 3 is 2.93 bits per heavy atom. The van der Waals surface area contributed by atoms with Gasteiger partial charge in [0.15, 0.2) is 0 Å². The SMILES string of the molecule is O=C(Nc1cc[c]nc1)C1CC1(F)F. The van der Waals surface area contributed by atoms with Gasteiger partial charge in [-0.15, -0.1) is 0 Å². The van der Waals surface area contributed by atoms with Gasteiger partial charge in [0.05, 0.1) is 18.1 Å². The molecular formula is C9H7F2N2O. The van der Waals surface area contributed by atoms with Gasteiger partial charge in [0, 0.05) is 6.42 Å². The van der Waals surface area contributed by atoms with Crippen molar-refractivity contribution >= 4 is 11.6 Å². The van der Waals surface area contributed by atoms with Crippen molar-refractivity contribution in [1.82, 2.24) is 4.98 Å². The summed E-state index contributed by atoms with van der Waals surface area (Å²) in [6, 6.07) is 3.05. The molecular weight excluding hydrogens is 190 g/mol. The molecule has 1 N–H and O–H groups in total. The maximum atomic E-state index is 12.5. The van der Waals surface area contributed by atoms with Gasteiger partial charge in [0.1, 0.15) is 5.92 Å². The molecule has 1 fully saturated rings. The Morgan fingerprint density at radius 1 is 1.71 bits per heavy atom. The highest BCUT2D eigenvalue weighted by Gasteiger charge is 2.61. The van der Waals surface area contributed by atoms with Crippen LogP contribution in [0.3, 0.4) is 0 Å². The zero-order chi connectivity index (χ0) is 10.2. The van der Waals surface area contributed by atoms with Crippen molar-refractivity contribution in [3.63, 3.8) is 0 Å². The predicted molar refractivity (Wildman–Crippen MR) is 44.8 cm³/mol. The molecule has 14 heavy (non-hydrogen) atoms. The van der Waals surface area contributed by atoms with Gasteiger partial charge in [0.25, 0.3) is 5.92 Å². The van der Waals surface area contributed by atoms with Gasteiger partial charge in [-0.1, -0.05) is 0 Å². The normalized spacial score (nSPS) is 22.9. The smallest absolute Gasteiger partial charge is 0.260 e. The second-order valence-corrected chi connectivity index (χ2v) is 3.18. The van der Waals surface area contributed by atoms with E-state index in [9.17, 15) is 13.6 Å². The molecule has 0 saturated heterocycles. The molecule has 1 radical (unpaired) electrons. The lowest BCUT2D eigenvalue weighted by Crippen LogP contribution is -2.17. The van der Waals surface area contributed by atoms with Gasteiger partial charge in [-0.25, -0.2) is 8.78 Å². The molecule has 73 valence electrons. The Hall–Kier alpha value is -1.52. The summed E-state index contributed by atoms with van der Waals surface area (Å²) in [6.45, 7) is 0. The van der Waals surface area contributed by atoms with Gasteiger partial charge >= 0.3 is 0 Å². The van der Waals surface area contributed by atoms with E-state index < -0.39 is 17.7 Å². The van der Waals surface area contributed by atoms with E-state index >= 15 is 0 Å². The number of carbonyl (C=O) groups is 1. The topological polar surface area (TPSA) is 42.0 Å². The number of rotatable bonds is 2. The first-order valence-corrected chi connectivity index (χ1v) is 4.10. The van der Waals surface area contributed by atoms with Crippen LogP contribution in [0.15, 0.2) is 18.3 Å². The lowest BCUT2D eigenvalue weighted by atomic mass is 10.3. The number of amides is 1. The van der Waals surface area contributed by atoms with E-state index in [1.807, 2.05) is 0 Å². The van der Waals surface area contributed by atoms with Crippen molar-refractivity contribution in [2.75, 3.05) is 5.32 Å². The largest absolute Gasteiger partial charge is 0.324 e. The Bertz CT molecular complexity index is 353. The number of pyridine rings is 1. The minimum atomic E-state index is -2.82. The maximum absolute atomic E-state index is 12.5. The third kappa shape index (κ3) is 1.71. The fraction of sp³-hybridized carbons (Fsp3) is 0.333. The van der Waals surface area contributed by atoms with Crippen molar-refractivity contribution in [2.45, 2.75) is 12.3 Å². The van der Waals surface area contributed by atoms with Crippen LogP contribution in [0.4, 0.5) is 14.5 Å². The molecule has 1 aromatic rings. The van der Waals surface area contributed by atoms with E-state index in [2.05, 4.69) is 16.5 Å². The molecule has 1 heterocycles. The second kappa shape index (κ2) is 3.01. The van der Waals surface area contributed by atoms with Crippen molar-refractivity contribution in [2.24, 2.45) is 5.92 Å². The zero-order valence-electron chi connectivity index (χ0n) is 7.13. The van der Waals surface area contributed by atoms with Crippen LogP contribution in [0, 0.1) is 12.1 Å². The van der Waals surface area contributed by atoms with Gasteiger partial charge < -0.3 is 5.32 Å². The fourth-order valence-electron chi connectivity index (χ4n) is 1.12. The highest BCUT2D eigenvalue weighted by Crippen LogP contribution is 2.48. The van der Waals surface area contributed by atoms with E-state index in [0.29, 0.717) is 5.69 Å². The molecule has 0 bridgehead atoms. The number of anilines is 1. The number of halogens is 2. The molecule has 0 aliphatic heterocycles. The maximum Gasteiger partial charge on any atom is 0.260 e. The Labute approximate surface area is 79.1 Å². The molecule has 2 rings (SSSR count).